The highest BCUT2D eigenvalue weighted by Crippen LogP contribution is 2.34. The summed E-state index contributed by atoms with van der Waals surface area (Å²) in [6, 6.07) is 3.25. The zero-order valence-corrected chi connectivity index (χ0v) is 14.6. The number of amides is 2. The van der Waals surface area contributed by atoms with Crippen molar-refractivity contribution in [2.24, 2.45) is 13.0 Å². The van der Waals surface area contributed by atoms with E-state index in [2.05, 4.69) is 20.5 Å². The molecule has 3 rings (SSSR count). The largest absolute Gasteiger partial charge is 0.350 e. The number of hydrogen-bond donors (Lipinski definition) is 1. The summed E-state index contributed by atoms with van der Waals surface area (Å²) in [6.07, 6.45) is 4.77. The maximum absolute atomic E-state index is 12.3. The minimum absolute atomic E-state index is 0.0890. The fourth-order valence-electron chi connectivity index (χ4n) is 3.21. The number of carbonyl (C=O) groups is 2. The molecule has 8 nitrogen and oxygen atoms in total. The molecule has 0 aliphatic carbocycles. The molecule has 1 aliphatic heterocycles. The fraction of sp³-hybridized carbons (Fsp3) is 0.471. The van der Waals surface area contributed by atoms with Crippen LogP contribution in [0.4, 0.5) is 0 Å². The van der Waals surface area contributed by atoms with Gasteiger partial charge in [-0.05, 0) is 25.5 Å². The van der Waals surface area contributed by atoms with Crippen molar-refractivity contribution in [3.63, 3.8) is 0 Å². The number of aromatic nitrogens is 4. The van der Waals surface area contributed by atoms with Crippen LogP contribution >= 0.6 is 0 Å². The number of nitrogens with one attached hydrogen (secondary N) is 1. The zero-order valence-electron chi connectivity index (χ0n) is 14.6. The topological polar surface area (TPSA) is 93.0 Å². The lowest BCUT2D eigenvalue weighted by atomic mass is 9.88. The molecule has 0 aromatic carbocycles. The second kappa shape index (κ2) is 7.00. The van der Waals surface area contributed by atoms with Gasteiger partial charge in [0.25, 0.3) is 5.91 Å². The molecule has 1 saturated heterocycles. The standard InChI is InChI=1S/C17H22N6O2/c1-11-4-6-13(21-20-11)17(25)19-10-12-5-7-14(24)23(3)15(12)16-18-8-9-22(16)2/h4,6,8-9,12,15H,5,7,10H2,1-3H3,(H,19,25)/t12-,15+/m1/s1. The van der Waals surface area contributed by atoms with Crippen LogP contribution in [-0.2, 0) is 11.8 Å². The van der Waals surface area contributed by atoms with E-state index in [-0.39, 0.29) is 23.8 Å². The number of nitrogens with zero attached hydrogens (tertiary/aromatic N) is 5. The second-order valence-corrected chi connectivity index (χ2v) is 6.41. The van der Waals surface area contributed by atoms with Crippen LogP contribution in [-0.4, -0.2) is 50.1 Å². The molecule has 1 fully saturated rings. The van der Waals surface area contributed by atoms with Crippen molar-refractivity contribution in [3.8, 4) is 0 Å². The van der Waals surface area contributed by atoms with Gasteiger partial charge in [-0.15, -0.1) is 5.10 Å². The van der Waals surface area contributed by atoms with Gasteiger partial charge in [-0.25, -0.2) is 4.98 Å². The Hall–Kier alpha value is -2.77. The Labute approximate surface area is 146 Å². The lowest BCUT2D eigenvalue weighted by molar-refractivity contribution is -0.137. The van der Waals surface area contributed by atoms with Crippen LogP contribution in [0.3, 0.4) is 0 Å². The molecule has 1 aliphatic rings. The third-order valence-corrected chi connectivity index (χ3v) is 4.66. The quantitative estimate of drug-likeness (QED) is 0.889. The Balaban J connectivity index is 1.73. The van der Waals surface area contributed by atoms with E-state index in [1.54, 1.807) is 30.3 Å². The molecule has 132 valence electrons. The molecule has 0 saturated carbocycles. The van der Waals surface area contributed by atoms with Gasteiger partial charge in [0.05, 0.1) is 11.7 Å². The molecule has 1 N–H and O–H groups in total. The van der Waals surface area contributed by atoms with E-state index in [1.807, 2.05) is 24.7 Å². The fourth-order valence-corrected chi connectivity index (χ4v) is 3.21. The van der Waals surface area contributed by atoms with E-state index in [4.69, 9.17) is 0 Å². The molecular weight excluding hydrogens is 320 g/mol. The van der Waals surface area contributed by atoms with E-state index in [1.165, 1.54) is 0 Å². The summed E-state index contributed by atoms with van der Waals surface area (Å²) in [5.74, 6) is 0.752. The lowest BCUT2D eigenvalue weighted by Gasteiger charge is -2.38. The average Bonchev–Trinajstić information content (AvgIpc) is 3.02. The molecule has 0 radical (unpaired) electrons. The normalized spacial score (nSPS) is 20.6. The van der Waals surface area contributed by atoms with Gasteiger partial charge in [-0.1, -0.05) is 0 Å². The third kappa shape index (κ3) is 3.52. The van der Waals surface area contributed by atoms with Gasteiger partial charge in [0, 0.05) is 45.4 Å². The van der Waals surface area contributed by atoms with Crippen molar-refractivity contribution in [1.82, 2.24) is 30.0 Å². The first-order valence-corrected chi connectivity index (χ1v) is 8.28. The molecule has 0 bridgehead atoms. The summed E-state index contributed by atoms with van der Waals surface area (Å²) in [5, 5.41) is 10.7. The van der Waals surface area contributed by atoms with Gasteiger partial charge in [-0.2, -0.15) is 5.10 Å². The molecule has 0 spiro atoms. The van der Waals surface area contributed by atoms with E-state index in [0.717, 1.165) is 11.5 Å². The van der Waals surface area contributed by atoms with Crippen LogP contribution in [0.1, 0.15) is 40.9 Å². The molecule has 25 heavy (non-hydrogen) atoms. The average molecular weight is 342 g/mol. The second-order valence-electron chi connectivity index (χ2n) is 6.41. The third-order valence-electron chi connectivity index (χ3n) is 4.66. The van der Waals surface area contributed by atoms with Crippen molar-refractivity contribution in [3.05, 3.63) is 41.7 Å². The molecule has 8 heteroatoms. The number of likely N-dealkylation sites (tertiary alicyclic amines) is 1. The Morgan fingerprint density at radius 2 is 2.12 bits per heavy atom. The van der Waals surface area contributed by atoms with Crippen LogP contribution in [0.15, 0.2) is 24.5 Å². The zero-order chi connectivity index (χ0) is 18.0. The minimum Gasteiger partial charge on any atom is -0.350 e. The Morgan fingerprint density at radius 1 is 1.32 bits per heavy atom. The molecule has 2 atom stereocenters. The van der Waals surface area contributed by atoms with Crippen LogP contribution in [0.2, 0.25) is 0 Å². The summed E-state index contributed by atoms with van der Waals surface area (Å²) < 4.78 is 1.92. The van der Waals surface area contributed by atoms with Crippen molar-refractivity contribution in [1.29, 1.82) is 0 Å². The highest BCUT2D eigenvalue weighted by molar-refractivity contribution is 5.92. The molecule has 0 unspecified atom stereocenters. The summed E-state index contributed by atoms with van der Waals surface area (Å²) in [5.41, 5.74) is 1.05. The van der Waals surface area contributed by atoms with E-state index >= 15 is 0 Å². The van der Waals surface area contributed by atoms with E-state index in [9.17, 15) is 9.59 Å². The van der Waals surface area contributed by atoms with Crippen molar-refractivity contribution < 1.29 is 9.59 Å². The van der Waals surface area contributed by atoms with Crippen LogP contribution in [0.25, 0.3) is 0 Å². The monoisotopic (exact) mass is 342 g/mol. The first-order chi connectivity index (χ1) is 12.0. The van der Waals surface area contributed by atoms with Crippen LogP contribution in [0.5, 0.6) is 0 Å². The first-order valence-electron chi connectivity index (χ1n) is 8.28. The lowest BCUT2D eigenvalue weighted by Crippen LogP contribution is -2.45. The Bertz CT molecular complexity index is 770. The van der Waals surface area contributed by atoms with Crippen molar-refractivity contribution >= 4 is 11.8 Å². The highest BCUT2D eigenvalue weighted by Gasteiger charge is 2.37. The SMILES string of the molecule is Cc1ccc(C(=O)NC[C@H]2CCC(=O)N(C)[C@@H]2c2nccn2C)nn1. The highest BCUT2D eigenvalue weighted by atomic mass is 16.2. The van der Waals surface area contributed by atoms with E-state index in [0.29, 0.717) is 25.1 Å². The molecular formula is C17H22N6O2. The summed E-state index contributed by atoms with van der Waals surface area (Å²) in [4.78, 5) is 30.6. The predicted octanol–water partition coefficient (Wildman–Crippen LogP) is 0.858. The molecule has 2 aromatic rings. The van der Waals surface area contributed by atoms with Crippen LogP contribution < -0.4 is 5.32 Å². The van der Waals surface area contributed by atoms with Gasteiger partial charge in [0.2, 0.25) is 5.91 Å². The number of carbonyl (C=O) groups excluding carboxylic acids is 2. The van der Waals surface area contributed by atoms with Gasteiger partial charge in [0.1, 0.15) is 5.82 Å². The molecule has 2 aromatic heterocycles. The van der Waals surface area contributed by atoms with Crippen LogP contribution in [0, 0.1) is 12.8 Å². The van der Waals surface area contributed by atoms with Gasteiger partial charge in [0.15, 0.2) is 5.69 Å². The number of piperidine rings is 1. The number of aryl methyl sites for hydroxylation is 2. The van der Waals surface area contributed by atoms with Crippen molar-refractivity contribution in [2.45, 2.75) is 25.8 Å². The Morgan fingerprint density at radius 3 is 2.76 bits per heavy atom. The van der Waals surface area contributed by atoms with Gasteiger partial charge >= 0.3 is 0 Å². The van der Waals surface area contributed by atoms with Gasteiger partial charge in [-0.3, -0.25) is 9.59 Å². The van der Waals surface area contributed by atoms with E-state index < -0.39 is 0 Å². The maximum Gasteiger partial charge on any atom is 0.271 e. The molecule has 3 heterocycles. The number of hydrogen-bond acceptors (Lipinski definition) is 5. The summed E-state index contributed by atoms with van der Waals surface area (Å²) in [6.45, 7) is 2.27. The summed E-state index contributed by atoms with van der Waals surface area (Å²) >= 11 is 0. The predicted molar refractivity (Wildman–Crippen MR) is 90.5 cm³/mol. The number of rotatable bonds is 4. The van der Waals surface area contributed by atoms with Gasteiger partial charge < -0.3 is 14.8 Å². The maximum atomic E-state index is 12.3. The summed E-state index contributed by atoms with van der Waals surface area (Å²) in [7, 11) is 3.70. The minimum atomic E-state index is -0.259. The number of imidazole rings is 1. The molecule has 2 amide bonds. The first kappa shape index (κ1) is 17.1. The van der Waals surface area contributed by atoms with Crippen molar-refractivity contribution in [2.75, 3.05) is 13.6 Å². The smallest absolute Gasteiger partial charge is 0.271 e. The Kier molecular flexibility index (Phi) is 4.78.